The Balaban J connectivity index is 2.95. The molecule has 0 aliphatic rings. The number of benzene rings is 1. The van der Waals surface area contributed by atoms with E-state index in [0.29, 0.717) is 0 Å². The highest BCUT2D eigenvalue weighted by molar-refractivity contribution is 5.51. The number of non-ortho nitro benzene ring substituents is 1. The summed E-state index contributed by atoms with van der Waals surface area (Å²) in [4.78, 5) is 9.71. The molecule has 90 valence electrons. The Labute approximate surface area is 94.2 Å². The Morgan fingerprint density at radius 2 is 2.12 bits per heavy atom. The van der Waals surface area contributed by atoms with Gasteiger partial charge in [-0.25, -0.2) is 0 Å². The van der Waals surface area contributed by atoms with Gasteiger partial charge in [0.15, 0.2) is 6.61 Å². The van der Waals surface area contributed by atoms with Crippen LogP contribution in [0.2, 0.25) is 0 Å². The van der Waals surface area contributed by atoms with Gasteiger partial charge >= 0.3 is 6.18 Å². The van der Waals surface area contributed by atoms with E-state index in [9.17, 15) is 23.3 Å². The SMILES string of the molecule is C#Cc1cc([N+](=O)[O-])ccc1OCC(F)(F)F. The molecule has 0 fully saturated rings. The third kappa shape index (κ3) is 3.68. The van der Waals surface area contributed by atoms with E-state index in [1.54, 1.807) is 0 Å². The lowest BCUT2D eigenvalue weighted by Crippen LogP contribution is -2.19. The molecule has 0 spiro atoms. The number of ether oxygens (including phenoxy) is 1. The first-order valence-electron chi connectivity index (χ1n) is 4.28. The number of nitro benzene ring substituents is 1. The fourth-order valence-corrected chi connectivity index (χ4v) is 1.03. The van der Waals surface area contributed by atoms with Crippen LogP contribution < -0.4 is 4.74 Å². The zero-order chi connectivity index (χ0) is 13.1. The Morgan fingerprint density at radius 1 is 1.47 bits per heavy atom. The highest BCUT2D eigenvalue weighted by atomic mass is 19.4. The minimum Gasteiger partial charge on any atom is -0.483 e. The van der Waals surface area contributed by atoms with Crippen molar-refractivity contribution in [3.8, 4) is 18.1 Å². The Bertz CT molecular complexity index is 477. The first kappa shape index (κ1) is 12.8. The molecule has 0 aliphatic heterocycles. The third-order valence-corrected chi connectivity index (χ3v) is 1.72. The van der Waals surface area contributed by atoms with Gasteiger partial charge in [-0.1, -0.05) is 5.92 Å². The van der Waals surface area contributed by atoms with Crippen molar-refractivity contribution >= 4 is 5.69 Å². The Kier molecular flexibility index (Phi) is 3.58. The molecular weight excluding hydrogens is 239 g/mol. The number of halogens is 3. The summed E-state index contributed by atoms with van der Waals surface area (Å²) in [5, 5.41) is 10.4. The van der Waals surface area contributed by atoms with Gasteiger partial charge in [0, 0.05) is 12.1 Å². The smallest absolute Gasteiger partial charge is 0.422 e. The van der Waals surface area contributed by atoms with Crippen LogP contribution in [0.4, 0.5) is 18.9 Å². The van der Waals surface area contributed by atoms with Crippen LogP contribution in [0.3, 0.4) is 0 Å². The van der Waals surface area contributed by atoms with E-state index < -0.39 is 17.7 Å². The van der Waals surface area contributed by atoms with Crippen molar-refractivity contribution in [1.82, 2.24) is 0 Å². The van der Waals surface area contributed by atoms with Crippen LogP contribution in [0.15, 0.2) is 18.2 Å². The molecule has 1 aromatic rings. The Hall–Kier alpha value is -2.23. The maximum atomic E-state index is 11.9. The van der Waals surface area contributed by atoms with Crippen molar-refractivity contribution in [2.75, 3.05) is 6.61 Å². The van der Waals surface area contributed by atoms with Gasteiger partial charge < -0.3 is 4.74 Å². The van der Waals surface area contributed by atoms with Crippen LogP contribution in [0.5, 0.6) is 5.75 Å². The average Bonchev–Trinajstić information content (AvgIpc) is 2.24. The van der Waals surface area contributed by atoms with Gasteiger partial charge in [-0.3, -0.25) is 10.1 Å². The van der Waals surface area contributed by atoms with Crippen molar-refractivity contribution in [2.24, 2.45) is 0 Å². The van der Waals surface area contributed by atoms with E-state index in [2.05, 4.69) is 4.74 Å². The number of alkyl halides is 3. The molecule has 0 saturated carbocycles. The number of hydrogen-bond acceptors (Lipinski definition) is 3. The molecule has 7 heteroatoms. The van der Waals surface area contributed by atoms with E-state index in [1.165, 1.54) is 0 Å². The standard InChI is InChI=1S/C10H6F3NO3/c1-2-7-5-8(14(15)16)3-4-9(7)17-6-10(11,12)13/h1,3-5H,6H2. The molecule has 0 aromatic heterocycles. The highest BCUT2D eigenvalue weighted by Gasteiger charge is 2.28. The lowest BCUT2D eigenvalue weighted by atomic mass is 10.2. The molecule has 1 aromatic carbocycles. The molecule has 0 N–H and O–H groups in total. The maximum Gasteiger partial charge on any atom is 0.422 e. The first-order chi connectivity index (χ1) is 7.83. The van der Waals surface area contributed by atoms with Crippen molar-refractivity contribution in [3.63, 3.8) is 0 Å². The number of nitro groups is 1. The molecular formula is C10H6F3NO3. The molecule has 0 aliphatic carbocycles. The summed E-state index contributed by atoms with van der Waals surface area (Å²) in [7, 11) is 0. The van der Waals surface area contributed by atoms with Crippen molar-refractivity contribution < 1.29 is 22.8 Å². The number of terminal acetylenes is 1. The molecule has 1 rings (SSSR count). The molecule has 0 unspecified atom stereocenters. The highest BCUT2D eigenvalue weighted by Crippen LogP contribution is 2.25. The minimum atomic E-state index is -4.49. The topological polar surface area (TPSA) is 52.4 Å². The van der Waals surface area contributed by atoms with Gasteiger partial charge in [0.1, 0.15) is 5.75 Å². The lowest BCUT2D eigenvalue weighted by Gasteiger charge is -2.10. The fraction of sp³-hybridized carbons (Fsp3) is 0.200. The van der Waals surface area contributed by atoms with Gasteiger partial charge in [0.25, 0.3) is 5.69 Å². The molecule has 0 amide bonds. The van der Waals surface area contributed by atoms with Crippen molar-refractivity contribution in [1.29, 1.82) is 0 Å². The zero-order valence-corrected chi connectivity index (χ0v) is 8.32. The third-order valence-electron chi connectivity index (χ3n) is 1.72. The second-order valence-corrected chi connectivity index (χ2v) is 2.99. The molecule has 0 bridgehead atoms. The lowest BCUT2D eigenvalue weighted by molar-refractivity contribution is -0.384. The van der Waals surface area contributed by atoms with E-state index in [-0.39, 0.29) is 17.0 Å². The number of nitrogens with zero attached hydrogens (tertiary/aromatic N) is 1. The zero-order valence-electron chi connectivity index (χ0n) is 8.32. The normalized spacial score (nSPS) is 10.7. The summed E-state index contributed by atoms with van der Waals surface area (Å²) < 4.78 is 40.1. The van der Waals surface area contributed by atoms with Crippen LogP contribution in [0.25, 0.3) is 0 Å². The van der Waals surface area contributed by atoms with Crippen molar-refractivity contribution in [3.05, 3.63) is 33.9 Å². The van der Waals surface area contributed by atoms with Crippen LogP contribution in [-0.4, -0.2) is 17.7 Å². The summed E-state index contributed by atoms with van der Waals surface area (Å²) in [5.74, 6) is 1.82. The minimum absolute atomic E-state index is 0.0940. The van der Waals surface area contributed by atoms with Crippen LogP contribution >= 0.6 is 0 Å². The van der Waals surface area contributed by atoms with Gasteiger partial charge in [0.05, 0.1) is 10.5 Å². The Morgan fingerprint density at radius 3 is 2.59 bits per heavy atom. The van der Waals surface area contributed by atoms with Gasteiger partial charge in [-0.2, -0.15) is 13.2 Å². The largest absolute Gasteiger partial charge is 0.483 e. The molecule has 0 saturated heterocycles. The summed E-state index contributed by atoms with van der Waals surface area (Å²) in [6, 6.07) is 3.04. The maximum absolute atomic E-state index is 11.9. The van der Waals surface area contributed by atoms with Gasteiger partial charge in [0.2, 0.25) is 0 Å². The van der Waals surface area contributed by atoms with E-state index in [4.69, 9.17) is 6.42 Å². The van der Waals surface area contributed by atoms with Crippen molar-refractivity contribution in [2.45, 2.75) is 6.18 Å². The van der Waals surface area contributed by atoms with Gasteiger partial charge in [-0.05, 0) is 6.07 Å². The van der Waals surface area contributed by atoms with Crippen LogP contribution in [0.1, 0.15) is 5.56 Å². The van der Waals surface area contributed by atoms with E-state index in [1.807, 2.05) is 5.92 Å². The molecule has 4 nitrogen and oxygen atoms in total. The number of hydrogen-bond donors (Lipinski definition) is 0. The molecule has 17 heavy (non-hydrogen) atoms. The van der Waals surface area contributed by atoms with Crippen LogP contribution in [-0.2, 0) is 0 Å². The molecule has 0 heterocycles. The van der Waals surface area contributed by atoms with E-state index in [0.717, 1.165) is 18.2 Å². The average molecular weight is 245 g/mol. The monoisotopic (exact) mass is 245 g/mol. The number of rotatable bonds is 3. The molecule has 0 atom stereocenters. The predicted octanol–water partition coefficient (Wildman–Crippen LogP) is 2.52. The first-order valence-corrected chi connectivity index (χ1v) is 4.28. The summed E-state index contributed by atoms with van der Waals surface area (Å²) >= 11 is 0. The quantitative estimate of drug-likeness (QED) is 0.467. The second-order valence-electron chi connectivity index (χ2n) is 2.99. The van der Waals surface area contributed by atoms with Gasteiger partial charge in [-0.15, -0.1) is 6.42 Å². The van der Waals surface area contributed by atoms with E-state index >= 15 is 0 Å². The predicted molar refractivity (Wildman–Crippen MR) is 52.6 cm³/mol. The fourth-order valence-electron chi connectivity index (χ4n) is 1.03. The summed E-state index contributed by atoms with van der Waals surface area (Å²) in [6.45, 7) is -1.50. The van der Waals surface area contributed by atoms with Crippen LogP contribution in [0, 0.1) is 22.5 Å². The molecule has 0 radical (unpaired) electrons. The summed E-state index contributed by atoms with van der Waals surface area (Å²) in [6.07, 6.45) is 0.533. The summed E-state index contributed by atoms with van der Waals surface area (Å²) in [5.41, 5.74) is -0.402. The second kappa shape index (κ2) is 4.74.